The van der Waals surface area contributed by atoms with Gasteiger partial charge in [-0.3, -0.25) is 14.7 Å². The van der Waals surface area contributed by atoms with Gasteiger partial charge in [-0.05, 0) is 43.7 Å². The largest absolute Gasteiger partial charge is 0.493 e. The fourth-order valence-corrected chi connectivity index (χ4v) is 4.52. The Kier molecular flexibility index (Phi) is 7.76. The van der Waals surface area contributed by atoms with Gasteiger partial charge in [0, 0.05) is 10.6 Å². The normalized spacial score (nSPS) is 11.8. The molecule has 0 radical (unpaired) electrons. The summed E-state index contributed by atoms with van der Waals surface area (Å²) in [6, 6.07) is 11.3. The van der Waals surface area contributed by atoms with E-state index in [2.05, 4.69) is 16.8 Å². The molecule has 0 bridgehead atoms. The van der Waals surface area contributed by atoms with Gasteiger partial charge in [-0.1, -0.05) is 53.7 Å². The molecule has 8 nitrogen and oxygen atoms in total. The number of aryl methyl sites for hydroxylation is 2. The lowest BCUT2D eigenvalue weighted by Gasteiger charge is -2.18. The quantitative estimate of drug-likeness (QED) is 0.172. The van der Waals surface area contributed by atoms with E-state index in [1.807, 2.05) is 42.7 Å². The Morgan fingerprint density at radius 3 is 2.62 bits per heavy atom. The molecule has 1 heterocycles. The number of nitro groups is 1. The molecule has 168 valence electrons. The Hall–Kier alpha value is -3.04. The predicted molar refractivity (Wildman–Crippen MR) is 125 cm³/mol. The van der Waals surface area contributed by atoms with E-state index < -0.39 is 5.25 Å². The van der Waals surface area contributed by atoms with E-state index in [1.54, 1.807) is 18.2 Å². The molecule has 3 rings (SSSR count). The molecule has 0 saturated carbocycles. The number of halogens is 1. The van der Waals surface area contributed by atoms with Gasteiger partial charge < -0.3 is 9.47 Å². The zero-order chi connectivity index (χ0) is 23.3. The summed E-state index contributed by atoms with van der Waals surface area (Å²) in [6.45, 7) is 7.38. The third-order valence-electron chi connectivity index (χ3n) is 4.62. The molecule has 0 aliphatic carbocycles. The highest BCUT2D eigenvalue weighted by Gasteiger charge is 2.26. The van der Waals surface area contributed by atoms with Gasteiger partial charge in [0.15, 0.2) is 16.7 Å². The van der Waals surface area contributed by atoms with Crippen molar-refractivity contribution in [1.29, 1.82) is 0 Å². The molecule has 10 heteroatoms. The smallest absolute Gasteiger partial charge is 0.220 e. The average molecular weight is 475 g/mol. The summed E-state index contributed by atoms with van der Waals surface area (Å²) in [7, 11) is 1.49. The van der Waals surface area contributed by atoms with E-state index >= 15 is 0 Å². The van der Waals surface area contributed by atoms with Crippen molar-refractivity contribution in [3.8, 4) is 17.2 Å². The summed E-state index contributed by atoms with van der Waals surface area (Å²) in [5.41, 5.74) is 2.63. The molecule has 0 aliphatic heterocycles. The highest BCUT2D eigenvalue weighted by atomic mass is 35.5. The number of thioether (sulfide) groups is 1. The molecule has 0 saturated heterocycles. The molecule has 0 spiro atoms. The second kappa shape index (κ2) is 10.5. The van der Waals surface area contributed by atoms with Gasteiger partial charge in [-0.25, -0.2) is 0 Å². The molecule has 2 aromatic carbocycles. The molecular formula is C22H23ClN4O4S. The Balaban J connectivity index is 2.01. The van der Waals surface area contributed by atoms with Crippen molar-refractivity contribution < 1.29 is 14.4 Å². The van der Waals surface area contributed by atoms with Crippen LogP contribution >= 0.6 is 23.4 Å². The van der Waals surface area contributed by atoms with Crippen LogP contribution in [0.25, 0.3) is 5.69 Å². The van der Waals surface area contributed by atoms with Gasteiger partial charge in [0.2, 0.25) is 6.54 Å². The van der Waals surface area contributed by atoms with Crippen LogP contribution in [0.3, 0.4) is 0 Å². The number of aromatic nitrogens is 3. The first-order chi connectivity index (χ1) is 15.3. The van der Waals surface area contributed by atoms with E-state index in [0.29, 0.717) is 33.1 Å². The van der Waals surface area contributed by atoms with Crippen LogP contribution in [0.4, 0.5) is 0 Å². The van der Waals surface area contributed by atoms with Crippen LogP contribution in [0, 0.1) is 24.0 Å². The lowest BCUT2D eigenvalue weighted by Crippen LogP contribution is -2.12. The number of hydrogen-bond donors (Lipinski definition) is 0. The van der Waals surface area contributed by atoms with E-state index in [-0.39, 0.29) is 18.1 Å². The van der Waals surface area contributed by atoms with Crippen LogP contribution in [-0.4, -0.2) is 39.9 Å². The van der Waals surface area contributed by atoms with Gasteiger partial charge >= 0.3 is 0 Å². The van der Waals surface area contributed by atoms with Crippen LogP contribution in [0.1, 0.15) is 22.2 Å². The molecule has 0 N–H and O–H groups in total. The van der Waals surface area contributed by atoms with E-state index in [4.69, 9.17) is 21.1 Å². The first kappa shape index (κ1) is 23.6. The summed E-state index contributed by atoms with van der Waals surface area (Å²) < 4.78 is 12.9. The zero-order valence-electron chi connectivity index (χ0n) is 17.9. The van der Waals surface area contributed by atoms with Gasteiger partial charge in [0.25, 0.3) is 0 Å². The Morgan fingerprint density at radius 1 is 1.28 bits per heavy atom. The number of benzene rings is 2. The predicted octanol–water partition coefficient (Wildman–Crippen LogP) is 5.22. The maximum absolute atomic E-state index is 11.5. The van der Waals surface area contributed by atoms with Crippen LogP contribution in [-0.2, 0) is 0 Å². The highest BCUT2D eigenvalue weighted by molar-refractivity contribution is 7.99. The summed E-state index contributed by atoms with van der Waals surface area (Å²) in [5.74, 6) is 1.43. The Morgan fingerprint density at radius 2 is 2.00 bits per heavy atom. The monoisotopic (exact) mass is 474 g/mol. The van der Waals surface area contributed by atoms with Crippen molar-refractivity contribution in [3.05, 3.63) is 81.1 Å². The first-order valence-corrected chi connectivity index (χ1v) is 11.0. The molecule has 1 aromatic heterocycles. The maximum atomic E-state index is 11.5. The summed E-state index contributed by atoms with van der Waals surface area (Å²) in [4.78, 5) is 11.1. The van der Waals surface area contributed by atoms with Crippen LogP contribution < -0.4 is 9.47 Å². The SMILES string of the molecule is C=CCOc1c(Cl)cc([C@@H](C[N+](=O)[O-])Sc2nnc(C)n2-c2ccc(C)cc2)cc1OC. The summed E-state index contributed by atoms with van der Waals surface area (Å²) in [6.07, 6.45) is 1.59. The number of ether oxygens (including phenoxy) is 2. The molecule has 0 aliphatic rings. The maximum Gasteiger partial charge on any atom is 0.220 e. The van der Waals surface area contributed by atoms with Crippen LogP contribution in [0.2, 0.25) is 5.02 Å². The van der Waals surface area contributed by atoms with Gasteiger partial charge in [-0.2, -0.15) is 0 Å². The average Bonchev–Trinajstić information content (AvgIpc) is 3.12. The molecule has 1 atom stereocenters. The van der Waals surface area contributed by atoms with Crippen LogP contribution in [0.5, 0.6) is 11.5 Å². The fourth-order valence-electron chi connectivity index (χ4n) is 3.09. The molecule has 32 heavy (non-hydrogen) atoms. The lowest BCUT2D eigenvalue weighted by molar-refractivity contribution is -0.479. The van der Waals surface area contributed by atoms with Crippen molar-refractivity contribution in [2.75, 3.05) is 20.3 Å². The second-order valence-electron chi connectivity index (χ2n) is 6.96. The van der Waals surface area contributed by atoms with Crippen molar-refractivity contribution in [1.82, 2.24) is 14.8 Å². The van der Waals surface area contributed by atoms with Crippen molar-refractivity contribution >= 4 is 23.4 Å². The van der Waals surface area contributed by atoms with Crippen molar-refractivity contribution in [2.45, 2.75) is 24.3 Å². The number of rotatable bonds is 10. The van der Waals surface area contributed by atoms with E-state index in [1.165, 1.54) is 18.9 Å². The van der Waals surface area contributed by atoms with Crippen LogP contribution in [0.15, 0.2) is 54.2 Å². The van der Waals surface area contributed by atoms with E-state index in [9.17, 15) is 10.1 Å². The lowest BCUT2D eigenvalue weighted by atomic mass is 10.1. The minimum atomic E-state index is -0.586. The molecule has 0 unspecified atom stereocenters. The molecular weight excluding hydrogens is 452 g/mol. The third-order valence-corrected chi connectivity index (χ3v) is 6.08. The molecule has 0 fully saturated rings. The second-order valence-corrected chi connectivity index (χ2v) is 8.53. The van der Waals surface area contributed by atoms with Gasteiger partial charge in [-0.15, -0.1) is 10.2 Å². The Labute approximate surface area is 195 Å². The fraction of sp³-hybridized carbons (Fsp3) is 0.273. The minimum Gasteiger partial charge on any atom is -0.493 e. The third kappa shape index (κ3) is 5.41. The zero-order valence-corrected chi connectivity index (χ0v) is 19.5. The molecule has 3 aromatic rings. The minimum absolute atomic E-state index is 0.251. The standard InChI is InChI=1S/C22H23ClN4O4S/c1-5-10-31-21-18(23)11-16(12-19(21)30-4)20(13-26(28)29)32-22-25-24-15(3)27(22)17-8-6-14(2)7-9-17/h5-9,11-12,20H,1,10,13H2,2-4H3/t20-/m1/s1. The first-order valence-electron chi connectivity index (χ1n) is 9.72. The number of nitrogens with zero attached hydrogens (tertiary/aromatic N) is 4. The number of hydrogen-bond acceptors (Lipinski definition) is 7. The van der Waals surface area contributed by atoms with Gasteiger partial charge in [0.1, 0.15) is 17.7 Å². The summed E-state index contributed by atoms with van der Waals surface area (Å²) in [5, 5.41) is 20.2. The summed E-state index contributed by atoms with van der Waals surface area (Å²) >= 11 is 7.67. The van der Waals surface area contributed by atoms with E-state index in [0.717, 1.165) is 11.3 Å². The topological polar surface area (TPSA) is 92.3 Å². The highest BCUT2D eigenvalue weighted by Crippen LogP contribution is 2.43. The van der Waals surface area contributed by atoms with Crippen molar-refractivity contribution in [2.24, 2.45) is 0 Å². The van der Waals surface area contributed by atoms with Crippen molar-refractivity contribution in [3.63, 3.8) is 0 Å². The van der Waals surface area contributed by atoms with Gasteiger partial charge in [0.05, 0.1) is 12.1 Å². The molecule has 0 amide bonds. The number of methoxy groups -OCH3 is 1. The Bertz CT molecular complexity index is 1120.